The number of aryl methyl sites for hydroxylation is 1. The van der Waals surface area contributed by atoms with Gasteiger partial charge in [0.25, 0.3) is 0 Å². The van der Waals surface area contributed by atoms with E-state index >= 15 is 0 Å². The van der Waals surface area contributed by atoms with E-state index in [9.17, 15) is 0 Å². The van der Waals surface area contributed by atoms with Crippen LogP contribution in [0, 0.1) is 6.92 Å². The zero-order valence-electron chi connectivity index (χ0n) is 34.2. The molecule has 12 aromatic rings. The lowest BCUT2D eigenvalue weighted by Gasteiger charge is -2.27. The first-order chi connectivity index (χ1) is 30.7. The van der Waals surface area contributed by atoms with Crippen molar-refractivity contribution >= 4 is 71.6 Å². The maximum Gasteiger partial charge on any atom is 0.143 e. The second kappa shape index (κ2) is 14.5. The average molecular weight is 793 g/mol. The highest BCUT2D eigenvalue weighted by Crippen LogP contribution is 2.46. The van der Waals surface area contributed by atoms with Crippen molar-refractivity contribution in [1.29, 1.82) is 0 Å². The summed E-state index contributed by atoms with van der Waals surface area (Å²) in [5.41, 5.74) is 16.8. The van der Waals surface area contributed by atoms with Gasteiger partial charge in [-0.1, -0.05) is 175 Å². The molecule has 0 saturated heterocycles. The van der Waals surface area contributed by atoms with Crippen molar-refractivity contribution in [3.05, 3.63) is 230 Å². The van der Waals surface area contributed by atoms with Crippen molar-refractivity contribution in [2.24, 2.45) is 0 Å². The molecular weight excluding hydrogens is 753 g/mol. The molecule has 3 heteroatoms. The van der Waals surface area contributed by atoms with Gasteiger partial charge in [0.1, 0.15) is 11.2 Å². The fourth-order valence-electron chi connectivity index (χ4n) is 9.61. The van der Waals surface area contributed by atoms with E-state index in [0.29, 0.717) is 0 Å². The summed E-state index contributed by atoms with van der Waals surface area (Å²) in [4.78, 5) is 2.42. The van der Waals surface area contributed by atoms with E-state index in [4.69, 9.17) is 4.42 Å². The Labute approximate surface area is 360 Å². The van der Waals surface area contributed by atoms with Gasteiger partial charge < -0.3 is 13.9 Å². The SMILES string of the molecule is Cc1cccc(-c2ccc(N(c3ccc(-c4cccc5c4oc4ccccc45)cc3)c3cccc4c3c3ccccc3n4-c3ccc(-c4ccccc4)c4ccccc34)cc2)c1. The molecule has 62 heavy (non-hydrogen) atoms. The topological polar surface area (TPSA) is 21.3 Å². The molecule has 0 aliphatic rings. The summed E-state index contributed by atoms with van der Waals surface area (Å²) in [6, 6.07) is 81.1. The second-order valence-corrected chi connectivity index (χ2v) is 16.1. The highest BCUT2D eigenvalue weighted by molar-refractivity contribution is 6.18. The number of hydrogen-bond acceptors (Lipinski definition) is 2. The van der Waals surface area contributed by atoms with Crippen LogP contribution in [-0.4, -0.2) is 4.57 Å². The minimum atomic E-state index is 0.902. The molecule has 0 aliphatic heterocycles. The van der Waals surface area contributed by atoms with Gasteiger partial charge in [-0.3, -0.25) is 0 Å². The van der Waals surface area contributed by atoms with Crippen LogP contribution in [0.2, 0.25) is 0 Å². The van der Waals surface area contributed by atoms with Gasteiger partial charge >= 0.3 is 0 Å². The molecule has 0 amide bonds. The maximum atomic E-state index is 6.48. The Bertz CT molecular complexity index is 3630. The van der Waals surface area contributed by atoms with Crippen LogP contribution in [0.1, 0.15) is 5.56 Å². The minimum Gasteiger partial charge on any atom is -0.455 e. The molecule has 2 heterocycles. The summed E-state index contributed by atoms with van der Waals surface area (Å²) in [6.07, 6.45) is 0. The molecular formula is C59H40N2O. The summed E-state index contributed by atoms with van der Waals surface area (Å²) in [7, 11) is 0. The number of para-hydroxylation sites is 3. The van der Waals surface area contributed by atoms with E-state index in [1.807, 2.05) is 12.1 Å². The number of rotatable bonds is 7. The van der Waals surface area contributed by atoms with Crippen molar-refractivity contribution < 1.29 is 4.42 Å². The van der Waals surface area contributed by atoms with Crippen molar-refractivity contribution in [3.63, 3.8) is 0 Å². The summed E-state index contributed by atoms with van der Waals surface area (Å²) < 4.78 is 8.94. The van der Waals surface area contributed by atoms with Gasteiger partial charge in [-0.2, -0.15) is 0 Å². The molecule has 3 nitrogen and oxygen atoms in total. The fraction of sp³-hybridized carbons (Fsp3) is 0.0169. The molecule has 12 rings (SSSR count). The van der Waals surface area contributed by atoms with Crippen molar-refractivity contribution in [2.45, 2.75) is 6.92 Å². The van der Waals surface area contributed by atoms with Crippen LogP contribution in [-0.2, 0) is 0 Å². The molecule has 292 valence electrons. The van der Waals surface area contributed by atoms with E-state index in [2.05, 4.69) is 229 Å². The predicted molar refractivity (Wildman–Crippen MR) is 261 cm³/mol. The molecule has 0 unspecified atom stereocenters. The Kier molecular flexibility index (Phi) is 8.39. The standard InChI is InChI=1S/C59H40N2O/c1-39-14-11-17-43(38-39)40-28-32-44(33-29-40)60(45-34-30-42(31-35-45)47-22-12-23-51-50-20-8-10-27-57(50)62-59(47)51)55-25-13-26-56-58(55)52-21-7-9-24-53(52)61(56)54-37-36-46(41-15-3-2-4-16-41)48-18-5-6-19-49(48)54/h2-38H,1H3. The van der Waals surface area contributed by atoms with Gasteiger partial charge in [0, 0.05) is 43.9 Å². The number of furan rings is 1. The van der Waals surface area contributed by atoms with Crippen LogP contribution in [0.4, 0.5) is 17.1 Å². The van der Waals surface area contributed by atoms with Crippen LogP contribution in [0.5, 0.6) is 0 Å². The number of nitrogens with zero attached hydrogens (tertiary/aromatic N) is 2. The highest BCUT2D eigenvalue weighted by Gasteiger charge is 2.23. The monoisotopic (exact) mass is 792 g/mol. The number of anilines is 3. The Hall–Kier alpha value is -8.14. The van der Waals surface area contributed by atoms with E-state index in [-0.39, 0.29) is 0 Å². The number of hydrogen-bond donors (Lipinski definition) is 0. The zero-order chi connectivity index (χ0) is 41.1. The quantitative estimate of drug-likeness (QED) is 0.160. The molecule has 0 saturated carbocycles. The molecule has 2 aromatic heterocycles. The molecule has 0 atom stereocenters. The molecule has 0 N–H and O–H groups in total. The highest BCUT2D eigenvalue weighted by atomic mass is 16.3. The summed E-state index contributed by atoms with van der Waals surface area (Å²) >= 11 is 0. The second-order valence-electron chi connectivity index (χ2n) is 16.1. The lowest BCUT2D eigenvalue weighted by molar-refractivity contribution is 0.670. The van der Waals surface area contributed by atoms with E-state index in [1.54, 1.807) is 0 Å². The van der Waals surface area contributed by atoms with Crippen LogP contribution < -0.4 is 4.90 Å². The summed E-state index contributed by atoms with van der Waals surface area (Å²) in [5.74, 6) is 0. The van der Waals surface area contributed by atoms with Gasteiger partial charge in [0.05, 0.1) is 22.4 Å². The Balaban J connectivity index is 1.06. The molecule has 0 spiro atoms. The van der Waals surface area contributed by atoms with E-state index < -0.39 is 0 Å². The third kappa shape index (κ3) is 5.82. The normalized spacial score (nSPS) is 11.6. The maximum absolute atomic E-state index is 6.48. The number of aromatic nitrogens is 1. The number of fused-ring (bicyclic) bond motifs is 7. The number of benzene rings is 10. The smallest absolute Gasteiger partial charge is 0.143 e. The van der Waals surface area contributed by atoms with Crippen LogP contribution in [0.15, 0.2) is 229 Å². The van der Waals surface area contributed by atoms with E-state index in [0.717, 1.165) is 66.8 Å². The largest absolute Gasteiger partial charge is 0.455 e. The van der Waals surface area contributed by atoms with Crippen molar-refractivity contribution in [3.8, 4) is 39.1 Å². The Morgan fingerprint density at radius 1 is 0.387 bits per heavy atom. The molecule has 0 radical (unpaired) electrons. The molecule has 0 bridgehead atoms. The van der Waals surface area contributed by atoms with Gasteiger partial charge in [-0.15, -0.1) is 0 Å². The summed E-state index contributed by atoms with van der Waals surface area (Å²) in [5, 5.41) is 7.09. The molecule has 0 aliphatic carbocycles. The van der Waals surface area contributed by atoms with Gasteiger partial charge in [-0.05, 0) is 94.7 Å². The van der Waals surface area contributed by atoms with Gasteiger partial charge in [0.2, 0.25) is 0 Å². The van der Waals surface area contributed by atoms with Crippen LogP contribution >= 0.6 is 0 Å². The van der Waals surface area contributed by atoms with Crippen LogP contribution in [0.25, 0.3) is 93.6 Å². The first-order valence-corrected chi connectivity index (χ1v) is 21.3. The average Bonchev–Trinajstić information content (AvgIpc) is 3.89. The van der Waals surface area contributed by atoms with Crippen molar-refractivity contribution in [2.75, 3.05) is 4.90 Å². The first kappa shape index (κ1) is 35.8. The Morgan fingerprint density at radius 2 is 0.984 bits per heavy atom. The fourth-order valence-corrected chi connectivity index (χ4v) is 9.61. The van der Waals surface area contributed by atoms with Gasteiger partial charge in [-0.25, -0.2) is 0 Å². The third-order valence-corrected chi connectivity index (χ3v) is 12.5. The van der Waals surface area contributed by atoms with Gasteiger partial charge in [0.15, 0.2) is 0 Å². The van der Waals surface area contributed by atoms with E-state index in [1.165, 1.54) is 49.4 Å². The van der Waals surface area contributed by atoms with Crippen molar-refractivity contribution in [1.82, 2.24) is 4.57 Å². The van der Waals surface area contributed by atoms with Crippen LogP contribution in [0.3, 0.4) is 0 Å². The Morgan fingerprint density at radius 3 is 1.77 bits per heavy atom. The molecule has 10 aromatic carbocycles. The minimum absolute atomic E-state index is 0.902. The summed E-state index contributed by atoms with van der Waals surface area (Å²) in [6.45, 7) is 2.15. The first-order valence-electron chi connectivity index (χ1n) is 21.3. The molecule has 0 fully saturated rings. The third-order valence-electron chi connectivity index (χ3n) is 12.5. The lowest BCUT2D eigenvalue weighted by Crippen LogP contribution is -2.10. The zero-order valence-corrected chi connectivity index (χ0v) is 34.2. The lowest BCUT2D eigenvalue weighted by atomic mass is 9.97. The predicted octanol–water partition coefficient (Wildman–Crippen LogP) is 16.6.